The van der Waals surface area contributed by atoms with Crippen LogP contribution in [-0.4, -0.2) is 46.3 Å². The SMILES string of the molecule is CCS(=O)(=O)NCCNC(=O)CCC1CCNCC1. The summed E-state index contributed by atoms with van der Waals surface area (Å²) in [5, 5.41) is 6.04. The van der Waals surface area contributed by atoms with E-state index >= 15 is 0 Å². The molecule has 0 aromatic carbocycles. The lowest BCUT2D eigenvalue weighted by Gasteiger charge is -2.22. The third-order valence-corrected chi connectivity index (χ3v) is 4.79. The van der Waals surface area contributed by atoms with E-state index in [9.17, 15) is 13.2 Å². The Morgan fingerprint density at radius 1 is 1.26 bits per heavy atom. The molecule has 0 aromatic rings. The molecular formula is C12H25N3O3S. The van der Waals surface area contributed by atoms with E-state index in [4.69, 9.17) is 0 Å². The van der Waals surface area contributed by atoms with Crippen LogP contribution in [0.4, 0.5) is 0 Å². The molecule has 0 saturated carbocycles. The minimum Gasteiger partial charge on any atom is -0.355 e. The topological polar surface area (TPSA) is 87.3 Å². The van der Waals surface area contributed by atoms with Crippen LogP contribution >= 0.6 is 0 Å². The lowest BCUT2D eigenvalue weighted by molar-refractivity contribution is -0.121. The fourth-order valence-electron chi connectivity index (χ4n) is 2.10. The van der Waals surface area contributed by atoms with Gasteiger partial charge in [-0.3, -0.25) is 4.79 Å². The summed E-state index contributed by atoms with van der Waals surface area (Å²) < 4.78 is 24.7. The highest BCUT2D eigenvalue weighted by atomic mass is 32.2. The third kappa shape index (κ3) is 7.49. The Morgan fingerprint density at radius 3 is 2.58 bits per heavy atom. The van der Waals surface area contributed by atoms with Crippen molar-refractivity contribution in [2.45, 2.75) is 32.6 Å². The molecule has 0 aromatic heterocycles. The predicted octanol–water partition coefficient (Wildman–Crippen LogP) is -0.178. The van der Waals surface area contributed by atoms with Gasteiger partial charge in [0, 0.05) is 19.5 Å². The van der Waals surface area contributed by atoms with Crippen LogP contribution in [0.25, 0.3) is 0 Å². The van der Waals surface area contributed by atoms with Gasteiger partial charge in [-0.2, -0.15) is 0 Å². The van der Waals surface area contributed by atoms with Crippen LogP contribution in [0.5, 0.6) is 0 Å². The molecule has 1 rings (SSSR count). The zero-order valence-electron chi connectivity index (χ0n) is 11.6. The predicted molar refractivity (Wildman–Crippen MR) is 75.3 cm³/mol. The van der Waals surface area contributed by atoms with Crippen molar-refractivity contribution in [3.8, 4) is 0 Å². The van der Waals surface area contributed by atoms with Crippen molar-refractivity contribution in [2.24, 2.45) is 5.92 Å². The van der Waals surface area contributed by atoms with Crippen LogP contribution in [0.3, 0.4) is 0 Å². The van der Waals surface area contributed by atoms with Gasteiger partial charge in [0.15, 0.2) is 0 Å². The molecule has 7 heteroatoms. The number of hydrogen-bond acceptors (Lipinski definition) is 4. The number of carbonyl (C=O) groups excluding carboxylic acids is 1. The molecule has 1 fully saturated rings. The van der Waals surface area contributed by atoms with Gasteiger partial charge in [-0.05, 0) is 45.2 Å². The molecule has 19 heavy (non-hydrogen) atoms. The van der Waals surface area contributed by atoms with E-state index in [0.29, 0.717) is 18.9 Å². The first-order chi connectivity index (χ1) is 9.03. The van der Waals surface area contributed by atoms with Crippen molar-refractivity contribution in [3.05, 3.63) is 0 Å². The summed E-state index contributed by atoms with van der Waals surface area (Å²) in [6.07, 6.45) is 3.74. The third-order valence-electron chi connectivity index (χ3n) is 3.39. The molecule has 0 aliphatic carbocycles. The average molecular weight is 291 g/mol. The largest absolute Gasteiger partial charge is 0.355 e. The van der Waals surface area contributed by atoms with E-state index in [2.05, 4.69) is 15.4 Å². The molecule has 3 N–H and O–H groups in total. The van der Waals surface area contributed by atoms with Crippen LogP contribution in [-0.2, 0) is 14.8 Å². The molecule has 1 amide bonds. The van der Waals surface area contributed by atoms with Crippen molar-refractivity contribution < 1.29 is 13.2 Å². The fourth-order valence-corrected chi connectivity index (χ4v) is 2.72. The minimum absolute atomic E-state index is 0.00855. The molecule has 6 nitrogen and oxygen atoms in total. The summed E-state index contributed by atoms with van der Waals surface area (Å²) in [7, 11) is -3.16. The highest BCUT2D eigenvalue weighted by molar-refractivity contribution is 7.89. The van der Waals surface area contributed by atoms with Crippen molar-refractivity contribution in [2.75, 3.05) is 31.9 Å². The first-order valence-corrected chi connectivity index (χ1v) is 8.63. The van der Waals surface area contributed by atoms with Crippen molar-refractivity contribution in [1.29, 1.82) is 0 Å². The number of carbonyl (C=O) groups is 1. The quantitative estimate of drug-likeness (QED) is 0.542. The molecule has 1 heterocycles. The minimum atomic E-state index is -3.16. The second kappa shape index (κ2) is 8.50. The van der Waals surface area contributed by atoms with Crippen LogP contribution in [0, 0.1) is 5.92 Å². The van der Waals surface area contributed by atoms with E-state index in [-0.39, 0.29) is 18.2 Å². The molecule has 1 saturated heterocycles. The van der Waals surface area contributed by atoms with E-state index in [1.807, 2.05) is 0 Å². The molecular weight excluding hydrogens is 266 g/mol. The number of piperidine rings is 1. The molecule has 0 unspecified atom stereocenters. The number of amides is 1. The zero-order chi connectivity index (χ0) is 14.1. The van der Waals surface area contributed by atoms with Gasteiger partial charge in [0.2, 0.25) is 15.9 Å². The second-order valence-corrected chi connectivity index (χ2v) is 6.98. The van der Waals surface area contributed by atoms with E-state index in [1.54, 1.807) is 6.92 Å². The summed E-state index contributed by atoms with van der Waals surface area (Å²) in [5.41, 5.74) is 0. The van der Waals surface area contributed by atoms with Gasteiger partial charge < -0.3 is 10.6 Å². The summed E-state index contributed by atoms with van der Waals surface area (Å²) in [5.74, 6) is 0.719. The van der Waals surface area contributed by atoms with Gasteiger partial charge in [-0.15, -0.1) is 0 Å². The molecule has 0 spiro atoms. The summed E-state index contributed by atoms with van der Waals surface area (Å²) in [6, 6.07) is 0. The molecule has 112 valence electrons. The number of sulfonamides is 1. The Morgan fingerprint density at radius 2 is 1.95 bits per heavy atom. The standard InChI is InChI=1S/C12H25N3O3S/c1-2-19(17,18)15-10-9-14-12(16)4-3-11-5-7-13-8-6-11/h11,13,15H,2-10H2,1H3,(H,14,16). The Labute approximate surface area is 115 Å². The fraction of sp³-hybridized carbons (Fsp3) is 0.917. The van der Waals surface area contributed by atoms with Gasteiger partial charge in [0.05, 0.1) is 5.75 Å². The first-order valence-electron chi connectivity index (χ1n) is 6.98. The van der Waals surface area contributed by atoms with Gasteiger partial charge in [0.1, 0.15) is 0 Å². The lowest BCUT2D eigenvalue weighted by Crippen LogP contribution is -2.35. The molecule has 1 aliphatic heterocycles. The maximum atomic E-state index is 11.6. The van der Waals surface area contributed by atoms with Crippen LogP contribution in [0.15, 0.2) is 0 Å². The monoisotopic (exact) mass is 291 g/mol. The normalized spacial score (nSPS) is 17.3. The summed E-state index contributed by atoms with van der Waals surface area (Å²) >= 11 is 0. The highest BCUT2D eigenvalue weighted by Gasteiger charge is 2.14. The maximum absolute atomic E-state index is 11.6. The van der Waals surface area contributed by atoms with Crippen LogP contribution in [0.1, 0.15) is 32.6 Å². The second-order valence-electron chi connectivity index (χ2n) is 4.88. The Balaban J connectivity index is 2.04. The van der Waals surface area contributed by atoms with Gasteiger partial charge in [-0.1, -0.05) is 0 Å². The summed E-state index contributed by atoms with van der Waals surface area (Å²) in [4.78, 5) is 11.6. The smallest absolute Gasteiger partial charge is 0.220 e. The Hall–Kier alpha value is -0.660. The van der Waals surface area contributed by atoms with Crippen molar-refractivity contribution >= 4 is 15.9 Å². The molecule has 0 atom stereocenters. The lowest BCUT2D eigenvalue weighted by atomic mass is 9.93. The number of hydrogen-bond donors (Lipinski definition) is 3. The van der Waals surface area contributed by atoms with Gasteiger partial charge >= 0.3 is 0 Å². The average Bonchev–Trinajstić information content (AvgIpc) is 2.42. The summed E-state index contributed by atoms with van der Waals surface area (Å²) in [6.45, 7) is 4.29. The molecule has 1 aliphatic rings. The Bertz CT molecular complexity index is 364. The zero-order valence-corrected chi connectivity index (χ0v) is 12.4. The highest BCUT2D eigenvalue weighted by Crippen LogP contribution is 2.17. The first kappa shape index (κ1) is 16.4. The maximum Gasteiger partial charge on any atom is 0.220 e. The van der Waals surface area contributed by atoms with Crippen LogP contribution in [0.2, 0.25) is 0 Å². The van der Waals surface area contributed by atoms with Crippen molar-refractivity contribution in [1.82, 2.24) is 15.4 Å². The van der Waals surface area contributed by atoms with E-state index in [0.717, 1.165) is 32.4 Å². The number of nitrogens with one attached hydrogen (secondary N) is 3. The van der Waals surface area contributed by atoms with Crippen LogP contribution < -0.4 is 15.4 Å². The van der Waals surface area contributed by atoms with Crippen molar-refractivity contribution in [3.63, 3.8) is 0 Å². The number of rotatable bonds is 8. The molecule has 0 radical (unpaired) electrons. The van der Waals surface area contributed by atoms with Gasteiger partial charge in [0.25, 0.3) is 0 Å². The van der Waals surface area contributed by atoms with Gasteiger partial charge in [-0.25, -0.2) is 13.1 Å². The van der Waals surface area contributed by atoms with E-state index < -0.39 is 10.0 Å². The van der Waals surface area contributed by atoms with E-state index in [1.165, 1.54) is 0 Å². The Kier molecular flexibility index (Phi) is 7.33. The molecule has 0 bridgehead atoms.